The van der Waals surface area contributed by atoms with E-state index in [4.69, 9.17) is 0 Å². The highest BCUT2D eigenvalue weighted by Gasteiger charge is 2.19. The van der Waals surface area contributed by atoms with Crippen molar-refractivity contribution in [1.29, 1.82) is 0 Å². The van der Waals surface area contributed by atoms with Crippen LogP contribution in [-0.4, -0.2) is 18.9 Å². The Morgan fingerprint density at radius 1 is 1.29 bits per heavy atom. The number of hydrogen-bond donors (Lipinski definition) is 0. The van der Waals surface area contributed by atoms with Gasteiger partial charge in [0.05, 0.1) is 12.7 Å². The Kier molecular flexibility index (Phi) is 3.86. The van der Waals surface area contributed by atoms with Crippen molar-refractivity contribution in [3.63, 3.8) is 0 Å². The second-order valence-electron chi connectivity index (χ2n) is 3.67. The summed E-state index contributed by atoms with van der Waals surface area (Å²) in [5.74, 6) is -0.332. The van der Waals surface area contributed by atoms with Crippen LogP contribution in [-0.2, 0) is 14.3 Å². The van der Waals surface area contributed by atoms with Crippen LogP contribution in [0.5, 0.6) is 0 Å². The van der Waals surface area contributed by atoms with Crippen LogP contribution in [0.2, 0.25) is 0 Å². The Hall–Kier alpha value is -1.12. The molecule has 0 radical (unpaired) electrons. The maximum Gasteiger partial charge on any atom is 0.341 e. The molecule has 0 unspecified atom stereocenters. The Labute approximate surface area is 84.1 Å². The molecule has 1 aliphatic carbocycles. The highest BCUT2D eigenvalue weighted by Crippen LogP contribution is 2.27. The third-order valence-corrected chi connectivity index (χ3v) is 2.59. The van der Waals surface area contributed by atoms with Crippen LogP contribution in [0.3, 0.4) is 0 Å². The van der Waals surface area contributed by atoms with Gasteiger partial charge in [0, 0.05) is 0 Å². The summed E-state index contributed by atoms with van der Waals surface area (Å²) in [4.78, 5) is 22.4. The van der Waals surface area contributed by atoms with E-state index in [1.807, 2.05) is 0 Å². The van der Waals surface area contributed by atoms with Crippen LogP contribution in [0, 0.1) is 5.92 Å². The van der Waals surface area contributed by atoms with Gasteiger partial charge in [0.15, 0.2) is 5.78 Å². The lowest BCUT2D eigenvalue weighted by Crippen LogP contribution is -2.13. The summed E-state index contributed by atoms with van der Waals surface area (Å²) in [7, 11) is 1.30. The third kappa shape index (κ3) is 2.69. The van der Waals surface area contributed by atoms with E-state index in [1.54, 1.807) is 6.08 Å². The summed E-state index contributed by atoms with van der Waals surface area (Å²) in [6, 6.07) is 0. The fraction of sp³-hybridized carbons (Fsp3) is 0.636. The van der Waals surface area contributed by atoms with Crippen LogP contribution in [0.15, 0.2) is 11.6 Å². The molecular weight excluding hydrogens is 180 g/mol. The summed E-state index contributed by atoms with van der Waals surface area (Å²) in [5.41, 5.74) is 0.208. The maximum absolute atomic E-state index is 11.2. The van der Waals surface area contributed by atoms with E-state index in [2.05, 4.69) is 4.74 Å². The van der Waals surface area contributed by atoms with Gasteiger partial charge < -0.3 is 4.74 Å². The lowest BCUT2D eigenvalue weighted by Gasteiger charge is -2.05. The first kappa shape index (κ1) is 11.0. The molecule has 3 heteroatoms. The first-order chi connectivity index (χ1) is 6.65. The van der Waals surface area contributed by atoms with Crippen molar-refractivity contribution < 1.29 is 14.3 Å². The maximum atomic E-state index is 11.2. The molecule has 0 saturated heterocycles. The molecule has 1 rings (SSSR count). The molecule has 1 fully saturated rings. The van der Waals surface area contributed by atoms with Crippen molar-refractivity contribution in [2.24, 2.45) is 5.92 Å². The number of ketones is 1. The number of carbonyl (C=O) groups excluding carboxylic acids is 2. The molecule has 0 aromatic heterocycles. The van der Waals surface area contributed by atoms with Crippen molar-refractivity contribution >= 4 is 11.8 Å². The summed E-state index contributed by atoms with van der Waals surface area (Å²) in [6.07, 6.45) is 6.31. The number of hydrogen-bond acceptors (Lipinski definition) is 3. The van der Waals surface area contributed by atoms with Gasteiger partial charge in [0.2, 0.25) is 0 Å². The molecule has 0 aliphatic heterocycles. The van der Waals surface area contributed by atoms with Gasteiger partial charge in [-0.3, -0.25) is 4.79 Å². The van der Waals surface area contributed by atoms with E-state index < -0.39 is 5.97 Å². The molecule has 0 atom stereocenters. The van der Waals surface area contributed by atoms with Crippen LogP contribution < -0.4 is 0 Å². The number of ether oxygens (including phenoxy) is 1. The molecule has 0 amide bonds. The Bertz CT molecular complexity index is 260. The largest absolute Gasteiger partial charge is 0.465 e. The molecule has 0 spiro atoms. The molecule has 3 nitrogen and oxygen atoms in total. The third-order valence-electron chi connectivity index (χ3n) is 2.59. The zero-order valence-corrected chi connectivity index (χ0v) is 8.71. The fourth-order valence-corrected chi connectivity index (χ4v) is 1.80. The van der Waals surface area contributed by atoms with Gasteiger partial charge in [-0.2, -0.15) is 0 Å². The molecule has 0 N–H and O–H groups in total. The summed E-state index contributed by atoms with van der Waals surface area (Å²) in [5, 5.41) is 0. The van der Waals surface area contributed by atoms with Crippen LogP contribution >= 0.6 is 0 Å². The van der Waals surface area contributed by atoms with Gasteiger partial charge in [-0.05, 0) is 25.7 Å². The van der Waals surface area contributed by atoms with Gasteiger partial charge in [0.25, 0.3) is 0 Å². The molecule has 1 aliphatic rings. The van der Waals surface area contributed by atoms with Gasteiger partial charge >= 0.3 is 5.97 Å². The molecule has 0 bridgehead atoms. The predicted molar refractivity (Wildman–Crippen MR) is 52.7 cm³/mol. The van der Waals surface area contributed by atoms with Crippen LogP contribution in [0.25, 0.3) is 0 Å². The molecular formula is C11H16O3. The Morgan fingerprint density at radius 2 is 1.86 bits per heavy atom. The lowest BCUT2D eigenvalue weighted by atomic mass is 10.0. The smallest absolute Gasteiger partial charge is 0.341 e. The highest BCUT2D eigenvalue weighted by atomic mass is 16.5. The minimum absolute atomic E-state index is 0.205. The topological polar surface area (TPSA) is 43.4 Å². The number of carbonyl (C=O) groups is 2. The average Bonchev–Trinajstić information content (AvgIpc) is 2.65. The molecule has 78 valence electrons. The Morgan fingerprint density at radius 3 is 2.29 bits per heavy atom. The predicted octanol–water partition coefficient (Wildman–Crippen LogP) is 1.86. The fourth-order valence-electron chi connectivity index (χ4n) is 1.80. The first-order valence-electron chi connectivity index (χ1n) is 4.96. The SMILES string of the molecule is COC(=O)C(=CC1CCCC1)C(C)=O. The van der Waals surface area contributed by atoms with Gasteiger partial charge in [-0.15, -0.1) is 0 Å². The van der Waals surface area contributed by atoms with E-state index in [0.717, 1.165) is 12.8 Å². The second kappa shape index (κ2) is 4.94. The van der Waals surface area contributed by atoms with Crippen LogP contribution in [0.1, 0.15) is 32.6 Å². The van der Waals surface area contributed by atoms with E-state index in [-0.39, 0.29) is 11.4 Å². The normalized spacial score (nSPS) is 18.3. The number of rotatable bonds is 3. The summed E-state index contributed by atoms with van der Waals surface area (Å²) >= 11 is 0. The van der Waals surface area contributed by atoms with Crippen molar-refractivity contribution in [2.75, 3.05) is 7.11 Å². The van der Waals surface area contributed by atoms with E-state index >= 15 is 0 Å². The molecule has 0 heterocycles. The van der Waals surface area contributed by atoms with Gasteiger partial charge in [-0.1, -0.05) is 18.9 Å². The van der Waals surface area contributed by atoms with Crippen molar-refractivity contribution in [3.8, 4) is 0 Å². The molecule has 14 heavy (non-hydrogen) atoms. The van der Waals surface area contributed by atoms with Crippen molar-refractivity contribution in [3.05, 3.63) is 11.6 Å². The standard InChI is InChI=1S/C11H16O3/c1-8(12)10(11(13)14-2)7-9-5-3-4-6-9/h7,9H,3-6H2,1-2H3. The minimum Gasteiger partial charge on any atom is -0.465 e. The van der Waals surface area contributed by atoms with E-state index in [9.17, 15) is 9.59 Å². The molecule has 0 aromatic rings. The van der Waals surface area contributed by atoms with Gasteiger partial charge in [-0.25, -0.2) is 4.79 Å². The summed E-state index contributed by atoms with van der Waals surface area (Å²) in [6.45, 7) is 1.40. The van der Waals surface area contributed by atoms with E-state index in [1.165, 1.54) is 26.9 Å². The quantitative estimate of drug-likeness (QED) is 0.299. The van der Waals surface area contributed by atoms with Crippen LogP contribution in [0.4, 0.5) is 0 Å². The number of esters is 1. The van der Waals surface area contributed by atoms with Crippen molar-refractivity contribution in [1.82, 2.24) is 0 Å². The minimum atomic E-state index is -0.510. The second-order valence-corrected chi connectivity index (χ2v) is 3.67. The molecule has 1 saturated carbocycles. The first-order valence-corrected chi connectivity index (χ1v) is 4.96. The number of allylic oxidation sites excluding steroid dienone is 1. The number of methoxy groups -OCH3 is 1. The van der Waals surface area contributed by atoms with Crippen molar-refractivity contribution in [2.45, 2.75) is 32.6 Å². The average molecular weight is 196 g/mol. The zero-order valence-electron chi connectivity index (χ0n) is 8.71. The van der Waals surface area contributed by atoms with Gasteiger partial charge in [0.1, 0.15) is 0 Å². The Balaban J connectivity index is 2.75. The summed E-state index contributed by atoms with van der Waals surface area (Å²) < 4.78 is 4.56. The lowest BCUT2D eigenvalue weighted by molar-refractivity contribution is -0.137. The van der Waals surface area contributed by atoms with E-state index in [0.29, 0.717) is 5.92 Å². The molecule has 0 aromatic carbocycles. The zero-order chi connectivity index (χ0) is 10.6. The highest BCUT2D eigenvalue weighted by molar-refractivity contribution is 6.16. The monoisotopic (exact) mass is 196 g/mol. The number of Topliss-reactive ketones (excluding diaryl/α,β-unsaturated/α-hetero) is 1.